The maximum atomic E-state index is 12.4. The summed E-state index contributed by atoms with van der Waals surface area (Å²) in [6.45, 7) is 6.79. The lowest BCUT2D eigenvalue weighted by molar-refractivity contribution is -0.118. The molecule has 7 heteroatoms. The normalized spacial score (nSPS) is 18.9. The molecule has 1 aromatic heterocycles. The Hall–Kier alpha value is -3.09. The second-order valence-corrected chi connectivity index (χ2v) is 9.51. The summed E-state index contributed by atoms with van der Waals surface area (Å²) in [5.74, 6) is 0.832. The van der Waals surface area contributed by atoms with Crippen LogP contribution in [0.4, 0.5) is 10.5 Å². The van der Waals surface area contributed by atoms with Gasteiger partial charge in [-0.2, -0.15) is 0 Å². The molecule has 2 aliphatic heterocycles. The molecule has 32 heavy (non-hydrogen) atoms. The minimum atomic E-state index is -0.514. The molecule has 0 spiro atoms. The van der Waals surface area contributed by atoms with Gasteiger partial charge in [0, 0.05) is 37.5 Å². The fourth-order valence-corrected chi connectivity index (χ4v) is 4.20. The van der Waals surface area contributed by atoms with E-state index < -0.39 is 5.60 Å². The Kier molecular flexibility index (Phi) is 6.09. The van der Waals surface area contributed by atoms with Crippen LogP contribution >= 0.6 is 0 Å². The molecular formula is C25H31N3O4. The molecule has 7 nitrogen and oxygen atoms in total. The summed E-state index contributed by atoms with van der Waals surface area (Å²) in [6, 6.07) is 8.12. The summed E-state index contributed by atoms with van der Waals surface area (Å²) in [7, 11) is 1.82. The Morgan fingerprint density at radius 2 is 1.94 bits per heavy atom. The number of hydrogen-bond acceptors (Lipinski definition) is 5. The predicted molar refractivity (Wildman–Crippen MR) is 123 cm³/mol. The van der Waals surface area contributed by atoms with Crippen molar-refractivity contribution < 1.29 is 19.1 Å². The van der Waals surface area contributed by atoms with E-state index in [1.165, 1.54) is 0 Å². The van der Waals surface area contributed by atoms with E-state index >= 15 is 0 Å². The average Bonchev–Trinajstić information content (AvgIpc) is 2.75. The number of rotatable bonds is 3. The fourth-order valence-electron chi connectivity index (χ4n) is 4.20. The monoisotopic (exact) mass is 437 g/mol. The molecule has 0 bridgehead atoms. The van der Waals surface area contributed by atoms with E-state index in [1.54, 1.807) is 16.0 Å². The third-order valence-corrected chi connectivity index (χ3v) is 5.80. The van der Waals surface area contributed by atoms with Gasteiger partial charge in [0.15, 0.2) is 0 Å². The second kappa shape index (κ2) is 8.81. The van der Waals surface area contributed by atoms with Gasteiger partial charge in [-0.3, -0.25) is 9.78 Å². The molecule has 1 fully saturated rings. The molecule has 1 aromatic carbocycles. The highest BCUT2D eigenvalue weighted by atomic mass is 16.6. The van der Waals surface area contributed by atoms with Crippen LogP contribution in [0.25, 0.3) is 11.1 Å². The lowest BCUT2D eigenvalue weighted by atomic mass is 9.97. The molecule has 0 N–H and O–H groups in total. The second-order valence-electron chi connectivity index (χ2n) is 9.51. The first-order valence-corrected chi connectivity index (χ1v) is 11.2. The van der Waals surface area contributed by atoms with Crippen molar-refractivity contribution >= 4 is 17.7 Å². The summed E-state index contributed by atoms with van der Waals surface area (Å²) in [5.41, 5.74) is 3.62. The molecule has 2 aromatic rings. The van der Waals surface area contributed by atoms with Crippen molar-refractivity contribution in [2.24, 2.45) is 0 Å². The van der Waals surface area contributed by atoms with E-state index in [0.29, 0.717) is 25.3 Å². The van der Waals surface area contributed by atoms with Crippen molar-refractivity contribution in [3.05, 3.63) is 42.2 Å². The van der Waals surface area contributed by atoms with Crippen molar-refractivity contribution in [3.8, 4) is 16.9 Å². The van der Waals surface area contributed by atoms with E-state index in [9.17, 15) is 9.59 Å². The topological polar surface area (TPSA) is 72.0 Å². The maximum absolute atomic E-state index is 12.4. The molecule has 2 aliphatic rings. The van der Waals surface area contributed by atoms with Crippen molar-refractivity contribution in [2.75, 3.05) is 25.0 Å². The lowest BCUT2D eigenvalue weighted by Crippen LogP contribution is -2.46. The SMILES string of the molecule is CN1C(=O)CCc2cc(-c3cncc(O[C@H]4CCCN(C(=O)OC(C)(C)C)C4)c3)ccc21. The van der Waals surface area contributed by atoms with Crippen LogP contribution in [-0.2, 0) is 16.0 Å². The smallest absolute Gasteiger partial charge is 0.410 e. The highest BCUT2D eigenvalue weighted by molar-refractivity contribution is 5.96. The number of likely N-dealkylation sites (tertiary alicyclic amines) is 1. The number of carbonyl (C=O) groups excluding carboxylic acids is 2. The number of fused-ring (bicyclic) bond motifs is 1. The number of hydrogen-bond donors (Lipinski definition) is 0. The number of pyridine rings is 1. The molecule has 170 valence electrons. The lowest BCUT2D eigenvalue weighted by Gasteiger charge is -2.34. The van der Waals surface area contributed by atoms with Crippen LogP contribution in [0.5, 0.6) is 5.75 Å². The standard InChI is InChI=1S/C25H31N3O4/c1-25(2,3)32-24(30)28-11-5-6-20(16-28)31-21-13-19(14-26-15-21)17-7-9-22-18(12-17)8-10-23(29)27(22)4/h7,9,12-15,20H,5-6,8,10-11,16H2,1-4H3/t20-/m0/s1. The van der Waals surface area contributed by atoms with Crippen LogP contribution in [0.15, 0.2) is 36.7 Å². The Morgan fingerprint density at radius 1 is 1.12 bits per heavy atom. The van der Waals surface area contributed by atoms with Gasteiger partial charge in [0.2, 0.25) is 5.91 Å². The zero-order valence-corrected chi connectivity index (χ0v) is 19.3. The van der Waals surface area contributed by atoms with E-state index in [2.05, 4.69) is 11.1 Å². The third kappa shape index (κ3) is 5.03. The Labute approximate surface area is 189 Å². The van der Waals surface area contributed by atoms with Gasteiger partial charge in [-0.25, -0.2) is 4.79 Å². The summed E-state index contributed by atoms with van der Waals surface area (Å²) >= 11 is 0. The number of ether oxygens (including phenoxy) is 2. The first-order chi connectivity index (χ1) is 15.2. The molecule has 4 rings (SSSR count). The zero-order chi connectivity index (χ0) is 22.9. The number of aryl methyl sites for hydroxylation is 1. The maximum Gasteiger partial charge on any atom is 0.410 e. The number of benzene rings is 1. The van der Waals surface area contributed by atoms with E-state index in [-0.39, 0.29) is 18.1 Å². The summed E-state index contributed by atoms with van der Waals surface area (Å²) in [5, 5.41) is 0. The average molecular weight is 438 g/mol. The van der Waals surface area contributed by atoms with Crippen molar-refractivity contribution in [1.29, 1.82) is 0 Å². The van der Waals surface area contributed by atoms with Crippen molar-refractivity contribution in [2.45, 2.75) is 58.2 Å². The summed E-state index contributed by atoms with van der Waals surface area (Å²) < 4.78 is 11.7. The van der Waals surface area contributed by atoms with E-state index in [0.717, 1.165) is 41.6 Å². The van der Waals surface area contributed by atoms with Gasteiger partial charge in [-0.1, -0.05) is 6.07 Å². The van der Waals surface area contributed by atoms with Crippen molar-refractivity contribution in [3.63, 3.8) is 0 Å². The van der Waals surface area contributed by atoms with Crippen LogP contribution < -0.4 is 9.64 Å². The Morgan fingerprint density at radius 3 is 2.72 bits per heavy atom. The molecular weight excluding hydrogens is 406 g/mol. The van der Waals surface area contributed by atoms with Gasteiger partial charge in [0.25, 0.3) is 0 Å². The quantitative estimate of drug-likeness (QED) is 0.710. The van der Waals surface area contributed by atoms with Gasteiger partial charge in [0.05, 0.1) is 12.7 Å². The van der Waals surface area contributed by atoms with Crippen LogP contribution in [0.3, 0.4) is 0 Å². The van der Waals surface area contributed by atoms with Crippen LogP contribution in [-0.4, -0.2) is 53.7 Å². The number of carbonyl (C=O) groups is 2. The number of anilines is 1. The zero-order valence-electron chi connectivity index (χ0n) is 19.3. The molecule has 0 radical (unpaired) electrons. The third-order valence-electron chi connectivity index (χ3n) is 5.80. The van der Waals surface area contributed by atoms with Gasteiger partial charge in [0.1, 0.15) is 17.5 Å². The highest BCUT2D eigenvalue weighted by Crippen LogP contribution is 2.32. The van der Waals surface area contributed by atoms with Crippen LogP contribution in [0.1, 0.15) is 45.6 Å². The molecule has 1 saturated heterocycles. The molecule has 0 saturated carbocycles. The largest absolute Gasteiger partial charge is 0.487 e. The first kappa shape index (κ1) is 22.1. The number of piperidine rings is 1. The number of amides is 2. The van der Waals surface area contributed by atoms with E-state index in [4.69, 9.17) is 9.47 Å². The van der Waals surface area contributed by atoms with Gasteiger partial charge < -0.3 is 19.3 Å². The molecule has 2 amide bonds. The van der Waals surface area contributed by atoms with Crippen molar-refractivity contribution in [1.82, 2.24) is 9.88 Å². The first-order valence-electron chi connectivity index (χ1n) is 11.2. The predicted octanol–water partition coefficient (Wildman–Crippen LogP) is 4.44. The summed E-state index contributed by atoms with van der Waals surface area (Å²) in [6.07, 6.45) is 6.16. The summed E-state index contributed by atoms with van der Waals surface area (Å²) in [4.78, 5) is 32.2. The minimum absolute atomic E-state index is 0.100. The van der Waals surface area contributed by atoms with Gasteiger partial charge >= 0.3 is 6.09 Å². The van der Waals surface area contributed by atoms with Crippen LogP contribution in [0, 0.1) is 0 Å². The molecule has 3 heterocycles. The van der Waals surface area contributed by atoms with Crippen LogP contribution in [0.2, 0.25) is 0 Å². The molecule has 0 aliphatic carbocycles. The highest BCUT2D eigenvalue weighted by Gasteiger charge is 2.28. The van der Waals surface area contributed by atoms with Gasteiger partial charge in [-0.05, 0) is 69.4 Å². The number of nitrogens with zero attached hydrogens (tertiary/aromatic N) is 3. The number of aromatic nitrogens is 1. The Balaban J connectivity index is 1.46. The molecule has 0 unspecified atom stereocenters. The van der Waals surface area contributed by atoms with Gasteiger partial charge in [-0.15, -0.1) is 0 Å². The minimum Gasteiger partial charge on any atom is -0.487 e. The van der Waals surface area contributed by atoms with E-state index in [1.807, 2.05) is 52.2 Å². The fraction of sp³-hybridized carbons (Fsp3) is 0.480. The Bertz CT molecular complexity index is 1010. The molecule has 1 atom stereocenters.